The van der Waals surface area contributed by atoms with Gasteiger partial charge in [0.2, 0.25) is 0 Å². The Morgan fingerprint density at radius 1 is 0.389 bits per heavy atom. The largest absolute Gasteiger partial charge is 0.247 e. The van der Waals surface area contributed by atoms with Crippen LogP contribution in [0.15, 0.2) is 194 Å². The fourth-order valence-electron chi connectivity index (χ4n) is 8.81. The van der Waals surface area contributed by atoms with Crippen molar-refractivity contribution in [2.45, 2.75) is 5.41 Å². The van der Waals surface area contributed by atoms with Gasteiger partial charge in [0.05, 0.1) is 26.8 Å². The number of hydrogen-bond acceptors (Lipinski definition) is 3. The van der Waals surface area contributed by atoms with Gasteiger partial charge in [0.15, 0.2) is 0 Å². The van der Waals surface area contributed by atoms with E-state index < -0.39 is 5.41 Å². The van der Waals surface area contributed by atoms with Gasteiger partial charge in [0, 0.05) is 27.3 Å². The highest BCUT2D eigenvalue weighted by molar-refractivity contribution is 7.21. The second-order valence-corrected chi connectivity index (χ2v) is 15.1. The van der Waals surface area contributed by atoms with Gasteiger partial charge in [-0.25, -0.2) is 9.97 Å². The van der Waals surface area contributed by atoms with E-state index in [9.17, 15) is 0 Å². The van der Waals surface area contributed by atoms with Crippen LogP contribution >= 0.6 is 11.3 Å². The molecular formula is C51H32N2S. The highest BCUT2D eigenvalue weighted by Gasteiger charge is 2.46. The molecule has 0 aliphatic heterocycles. The predicted molar refractivity (Wildman–Crippen MR) is 226 cm³/mol. The molecule has 0 fully saturated rings. The number of fused-ring (bicyclic) bond motifs is 8. The number of nitrogens with zero attached hydrogens (tertiary/aromatic N) is 2. The van der Waals surface area contributed by atoms with Crippen LogP contribution in [0.2, 0.25) is 0 Å². The molecule has 11 rings (SSSR count). The highest BCUT2D eigenvalue weighted by atomic mass is 32.1. The number of pyridine rings is 1. The second kappa shape index (κ2) is 12.2. The summed E-state index contributed by atoms with van der Waals surface area (Å²) in [7, 11) is 0. The van der Waals surface area contributed by atoms with Gasteiger partial charge in [0.25, 0.3) is 0 Å². The lowest BCUT2D eigenvalue weighted by Gasteiger charge is -2.34. The summed E-state index contributed by atoms with van der Waals surface area (Å²) >= 11 is 1.74. The van der Waals surface area contributed by atoms with Gasteiger partial charge in [-0.2, -0.15) is 0 Å². The van der Waals surface area contributed by atoms with E-state index >= 15 is 0 Å². The van der Waals surface area contributed by atoms with Crippen LogP contribution in [0.1, 0.15) is 22.3 Å². The molecule has 0 unspecified atom stereocenters. The molecule has 1 aliphatic rings. The Morgan fingerprint density at radius 2 is 0.963 bits per heavy atom. The summed E-state index contributed by atoms with van der Waals surface area (Å²) in [4.78, 5) is 10.2. The van der Waals surface area contributed by atoms with E-state index in [0.29, 0.717) is 0 Å². The van der Waals surface area contributed by atoms with Crippen LogP contribution in [0.4, 0.5) is 0 Å². The first-order chi connectivity index (χ1) is 26.8. The lowest BCUT2D eigenvalue weighted by Crippen LogP contribution is -2.28. The van der Waals surface area contributed by atoms with Gasteiger partial charge < -0.3 is 0 Å². The molecule has 0 radical (unpaired) electrons. The standard InChI is InChI=1S/C51H32N2S/c1-3-13-37(14-4-1)51(38-15-5-2-6-16-38)42-19-9-7-17-39(42)48-43(51)32-31-41-47(48)40-18-8-10-20-44(40)52-49(41)35-27-23-33(24-28-35)34-25-29-36(30-26-34)50-53-45-21-11-12-22-46(45)54-50/h1-32H. The summed E-state index contributed by atoms with van der Waals surface area (Å²) in [6, 6.07) is 70.4. The van der Waals surface area contributed by atoms with Crippen molar-refractivity contribution in [2.75, 3.05) is 0 Å². The van der Waals surface area contributed by atoms with Crippen LogP contribution in [0.25, 0.3) is 76.0 Å². The predicted octanol–water partition coefficient (Wildman–Crippen LogP) is 13.4. The molecule has 3 heteroatoms. The number of aromatic nitrogens is 2. The molecule has 252 valence electrons. The van der Waals surface area contributed by atoms with Crippen LogP contribution < -0.4 is 0 Å². The zero-order valence-corrected chi connectivity index (χ0v) is 30.1. The number of hydrogen-bond donors (Lipinski definition) is 0. The molecule has 8 aromatic carbocycles. The molecule has 1 aliphatic carbocycles. The zero-order valence-electron chi connectivity index (χ0n) is 29.3. The first-order valence-electron chi connectivity index (χ1n) is 18.4. The minimum absolute atomic E-state index is 0.461. The van der Waals surface area contributed by atoms with E-state index in [0.717, 1.165) is 38.2 Å². The molecule has 2 aromatic heterocycles. The molecule has 0 saturated heterocycles. The van der Waals surface area contributed by atoms with Crippen LogP contribution in [-0.2, 0) is 5.41 Å². The SMILES string of the molecule is c1ccc(C2(c3ccccc3)c3ccccc3-c3c2ccc2c(-c4ccc(-c5ccc(-c6nc7ccccc7s6)cc5)cc4)nc4ccccc4c32)cc1. The highest BCUT2D eigenvalue weighted by Crippen LogP contribution is 2.58. The van der Waals surface area contributed by atoms with Gasteiger partial charge in [0.1, 0.15) is 5.01 Å². The average molecular weight is 705 g/mol. The normalized spacial score (nSPS) is 13.0. The van der Waals surface area contributed by atoms with Crippen LogP contribution in [0, 0.1) is 0 Å². The Morgan fingerprint density at radius 3 is 1.67 bits per heavy atom. The third-order valence-corrected chi connectivity index (χ3v) is 12.3. The summed E-state index contributed by atoms with van der Waals surface area (Å²) in [5, 5.41) is 4.63. The molecule has 2 nitrogen and oxygen atoms in total. The fourth-order valence-corrected chi connectivity index (χ4v) is 9.79. The van der Waals surface area contributed by atoms with Crippen LogP contribution in [0.5, 0.6) is 0 Å². The smallest absolute Gasteiger partial charge is 0.124 e. The first-order valence-corrected chi connectivity index (χ1v) is 19.2. The van der Waals surface area contributed by atoms with Gasteiger partial charge in [-0.3, -0.25) is 0 Å². The first kappa shape index (κ1) is 30.9. The number of rotatable bonds is 5. The zero-order chi connectivity index (χ0) is 35.6. The molecule has 0 saturated carbocycles. The van der Waals surface area contributed by atoms with Gasteiger partial charge in [-0.1, -0.05) is 176 Å². The van der Waals surface area contributed by atoms with Crippen molar-refractivity contribution in [3.8, 4) is 44.1 Å². The monoisotopic (exact) mass is 704 g/mol. The second-order valence-electron chi connectivity index (χ2n) is 14.1. The maximum absolute atomic E-state index is 5.37. The van der Waals surface area contributed by atoms with Gasteiger partial charge in [-0.05, 0) is 62.7 Å². The Hall–Kier alpha value is -6.68. The maximum atomic E-state index is 5.37. The Labute approximate surface area is 317 Å². The molecular weight excluding hydrogens is 673 g/mol. The van der Waals surface area contributed by atoms with Crippen molar-refractivity contribution >= 4 is 43.2 Å². The van der Waals surface area contributed by atoms with Crippen molar-refractivity contribution in [1.29, 1.82) is 0 Å². The Bertz CT molecular complexity index is 2950. The molecule has 54 heavy (non-hydrogen) atoms. The molecule has 0 N–H and O–H groups in total. The van der Waals surface area contributed by atoms with Gasteiger partial charge >= 0.3 is 0 Å². The molecule has 0 amide bonds. The molecule has 10 aromatic rings. The van der Waals surface area contributed by atoms with E-state index in [-0.39, 0.29) is 0 Å². The topological polar surface area (TPSA) is 25.8 Å². The van der Waals surface area contributed by atoms with E-state index in [1.54, 1.807) is 11.3 Å². The van der Waals surface area contributed by atoms with Gasteiger partial charge in [-0.15, -0.1) is 11.3 Å². The summed E-state index contributed by atoms with van der Waals surface area (Å²) in [5.41, 5.74) is 14.9. The van der Waals surface area contributed by atoms with E-state index in [1.807, 2.05) is 6.07 Å². The number of para-hydroxylation sites is 2. The molecule has 0 atom stereocenters. The van der Waals surface area contributed by atoms with Crippen molar-refractivity contribution in [3.05, 3.63) is 216 Å². The van der Waals surface area contributed by atoms with Crippen LogP contribution in [-0.4, -0.2) is 9.97 Å². The van der Waals surface area contributed by atoms with Crippen molar-refractivity contribution in [2.24, 2.45) is 0 Å². The van der Waals surface area contributed by atoms with E-state index in [1.165, 1.54) is 60.0 Å². The van der Waals surface area contributed by atoms with Crippen molar-refractivity contribution in [1.82, 2.24) is 9.97 Å². The third kappa shape index (κ3) is 4.59. The number of thiazole rings is 1. The molecule has 0 spiro atoms. The molecule has 2 heterocycles. The minimum Gasteiger partial charge on any atom is -0.247 e. The maximum Gasteiger partial charge on any atom is 0.124 e. The van der Waals surface area contributed by atoms with E-state index in [2.05, 4.69) is 188 Å². The summed E-state index contributed by atoms with van der Waals surface area (Å²) < 4.78 is 1.21. The third-order valence-electron chi connectivity index (χ3n) is 11.2. The Kier molecular flexibility index (Phi) is 6.98. The summed E-state index contributed by atoms with van der Waals surface area (Å²) in [6.07, 6.45) is 0. The summed E-state index contributed by atoms with van der Waals surface area (Å²) in [6.45, 7) is 0. The summed E-state index contributed by atoms with van der Waals surface area (Å²) in [5.74, 6) is 0. The van der Waals surface area contributed by atoms with E-state index in [4.69, 9.17) is 9.97 Å². The fraction of sp³-hybridized carbons (Fsp3) is 0.0196. The van der Waals surface area contributed by atoms with Crippen molar-refractivity contribution < 1.29 is 0 Å². The number of benzene rings is 8. The van der Waals surface area contributed by atoms with Crippen LogP contribution in [0.3, 0.4) is 0 Å². The van der Waals surface area contributed by atoms with Crippen molar-refractivity contribution in [3.63, 3.8) is 0 Å². The molecule has 0 bridgehead atoms. The average Bonchev–Trinajstić information content (AvgIpc) is 3.82. The minimum atomic E-state index is -0.461. The lowest BCUT2D eigenvalue weighted by molar-refractivity contribution is 0.769. The quantitative estimate of drug-likeness (QED) is 0.167. The Balaban J connectivity index is 1.08. The lowest BCUT2D eigenvalue weighted by atomic mass is 9.67.